The molecule has 0 radical (unpaired) electrons. The Morgan fingerprint density at radius 2 is 1.93 bits per heavy atom. The lowest BCUT2D eigenvalue weighted by molar-refractivity contribution is -0.126. The van der Waals surface area contributed by atoms with Gasteiger partial charge in [-0.25, -0.2) is 0 Å². The molecule has 2 aliphatic rings. The van der Waals surface area contributed by atoms with Crippen molar-refractivity contribution in [2.24, 2.45) is 5.73 Å². The molecule has 0 saturated heterocycles. The number of carbonyl (C=O) groups excluding carboxylic acids is 1. The maximum atomic E-state index is 11.9. The highest BCUT2D eigenvalue weighted by molar-refractivity contribution is 8.00. The average Bonchev–Trinajstić information content (AvgIpc) is 2.90. The minimum absolute atomic E-state index is 0.0697. The molecule has 15 heavy (non-hydrogen) atoms. The van der Waals surface area contributed by atoms with Crippen molar-refractivity contribution in [3.05, 3.63) is 0 Å². The Hall–Kier alpha value is -0.220. The molecule has 3 nitrogen and oxygen atoms in total. The largest absolute Gasteiger partial charge is 0.353 e. The van der Waals surface area contributed by atoms with E-state index in [2.05, 4.69) is 11.6 Å². The lowest BCUT2D eigenvalue weighted by Crippen LogP contribution is -2.53. The summed E-state index contributed by atoms with van der Waals surface area (Å²) in [7, 11) is 0. The van der Waals surface area contributed by atoms with E-state index in [0.29, 0.717) is 4.75 Å². The first-order chi connectivity index (χ1) is 7.10. The van der Waals surface area contributed by atoms with Crippen LogP contribution in [0.4, 0.5) is 0 Å². The van der Waals surface area contributed by atoms with Crippen molar-refractivity contribution in [2.45, 2.75) is 48.8 Å². The summed E-state index contributed by atoms with van der Waals surface area (Å²) in [4.78, 5) is 11.9. The number of hydrogen-bond donors (Lipinski definition) is 2. The zero-order valence-electron chi connectivity index (χ0n) is 9.34. The fourth-order valence-corrected chi connectivity index (χ4v) is 2.97. The van der Waals surface area contributed by atoms with Gasteiger partial charge in [0.1, 0.15) is 0 Å². The van der Waals surface area contributed by atoms with Gasteiger partial charge in [0.2, 0.25) is 5.91 Å². The van der Waals surface area contributed by atoms with Crippen molar-refractivity contribution in [3.63, 3.8) is 0 Å². The van der Waals surface area contributed by atoms with Crippen molar-refractivity contribution >= 4 is 17.7 Å². The van der Waals surface area contributed by atoms with Crippen LogP contribution in [0, 0.1) is 0 Å². The summed E-state index contributed by atoms with van der Waals surface area (Å²) >= 11 is 1.87. The topological polar surface area (TPSA) is 55.1 Å². The first-order valence-corrected chi connectivity index (χ1v) is 6.95. The molecular formula is C11H20N2OS. The predicted molar refractivity (Wildman–Crippen MR) is 63.9 cm³/mol. The van der Waals surface area contributed by atoms with Gasteiger partial charge in [-0.15, -0.1) is 0 Å². The van der Waals surface area contributed by atoms with Gasteiger partial charge in [0, 0.05) is 11.3 Å². The van der Waals surface area contributed by atoms with E-state index in [-0.39, 0.29) is 5.91 Å². The molecule has 0 unspecified atom stereocenters. The van der Waals surface area contributed by atoms with Crippen molar-refractivity contribution in [1.29, 1.82) is 0 Å². The summed E-state index contributed by atoms with van der Waals surface area (Å²) in [5, 5.41) is 3.03. The second-order valence-corrected chi connectivity index (χ2v) is 6.21. The summed E-state index contributed by atoms with van der Waals surface area (Å²) in [5.74, 6) is 0.0697. The Morgan fingerprint density at radius 3 is 2.40 bits per heavy atom. The SMILES string of the molecule is CSC1(CNC(=O)C2(N)CCCC2)CC1. The molecular weight excluding hydrogens is 208 g/mol. The van der Waals surface area contributed by atoms with Crippen molar-refractivity contribution in [2.75, 3.05) is 12.8 Å². The standard InChI is InChI=1S/C11H20N2OS/c1-15-10(6-7-10)8-13-9(14)11(12)4-2-3-5-11/h2-8,12H2,1H3,(H,13,14). The van der Waals surface area contributed by atoms with Gasteiger partial charge in [0.25, 0.3) is 0 Å². The molecule has 0 heterocycles. The number of hydrogen-bond acceptors (Lipinski definition) is 3. The fourth-order valence-electron chi connectivity index (χ4n) is 2.24. The Labute approximate surface area is 95.6 Å². The highest BCUT2D eigenvalue weighted by atomic mass is 32.2. The number of nitrogens with two attached hydrogens (primary N) is 1. The van der Waals surface area contributed by atoms with Gasteiger partial charge in [-0.2, -0.15) is 11.8 Å². The van der Waals surface area contributed by atoms with E-state index in [0.717, 1.165) is 32.2 Å². The average molecular weight is 228 g/mol. The van der Waals surface area contributed by atoms with Crippen LogP contribution < -0.4 is 11.1 Å². The van der Waals surface area contributed by atoms with Crippen LogP contribution in [-0.4, -0.2) is 29.0 Å². The maximum absolute atomic E-state index is 11.9. The molecule has 4 heteroatoms. The zero-order valence-corrected chi connectivity index (χ0v) is 10.2. The molecule has 0 atom stereocenters. The molecule has 1 amide bonds. The van der Waals surface area contributed by atoms with Crippen LogP contribution in [0.25, 0.3) is 0 Å². The third kappa shape index (κ3) is 2.31. The molecule has 3 N–H and O–H groups in total. The molecule has 2 saturated carbocycles. The molecule has 86 valence electrons. The number of carbonyl (C=O) groups is 1. The monoisotopic (exact) mass is 228 g/mol. The van der Waals surface area contributed by atoms with E-state index in [4.69, 9.17) is 5.73 Å². The first-order valence-electron chi connectivity index (χ1n) is 5.73. The Morgan fingerprint density at radius 1 is 1.33 bits per heavy atom. The van der Waals surface area contributed by atoms with E-state index >= 15 is 0 Å². The minimum Gasteiger partial charge on any atom is -0.353 e. The van der Waals surface area contributed by atoms with E-state index in [9.17, 15) is 4.79 Å². The Balaban J connectivity index is 1.82. The van der Waals surface area contributed by atoms with Crippen LogP contribution in [0.2, 0.25) is 0 Å². The zero-order chi connectivity index (χ0) is 10.9. The highest BCUT2D eigenvalue weighted by Crippen LogP contribution is 2.46. The van der Waals surface area contributed by atoms with Gasteiger partial charge in [0.05, 0.1) is 5.54 Å². The van der Waals surface area contributed by atoms with Crippen LogP contribution >= 0.6 is 11.8 Å². The Kier molecular flexibility index (Phi) is 2.99. The third-order valence-electron chi connectivity index (χ3n) is 3.76. The molecule has 0 aromatic carbocycles. The number of nitrogens with one attached hydrogen (secondary N) is 1. The number of rotatable bonds is 4. The van der Waals surface area contributed by atoms with E-state index in [1.54, 1.807) is 0 Å². The van der Waals surface area contributed by atoms with Crippen LogP contribution in [0.5, 0.6) is 0 Å². The normalized spacial score (nSPS) is 26.3. The minimum atomic E-state index is -0.561. The first kappa shape index (κ1) is 11.3. The van der Waals surface area contributed by atoms with E-state index in [1.165, 1.54) is 12.8 Å². The third-order valence-corrected chi connectivity index (χ3v) is 5.18. The van der Waals surface area contributed by atoms with E-state index in [1.807, 2.05) is 11.8 Å². The number of amides is 1. The van der Waals surface area contributed by atoms with Gasteiger partial charge < -0.3 is 11.1 Å². The van der Waals surface area contributed by atoms with Crippen molar-refractivity contribution in [1.82, 2.24) is 5.32 Å². The number of thioether (sulfide) groups is 1. The van der Waals surface area contributed by atoms with Crippen LogP contribution in [0.15, 0.2) is 0 Å². The highest BCUT2D eigenvalue weighted by Gasteiger charge is 2.44. The predicted octanol–water partition coefficient (Wildman–Crippen LogP) is 1.27. The molecule has 2 rings (SSSR count). The lowest BCUT2D eigenvalue weighted by Gasteiger charge is -2.24. The van der Waals surface area contributed by atoms with Crippen LogP contribution in [0.1, 0.15) is 38.5 Å². The maximum Gasteiger partial charge on any atom is 0.240 e. The summed E-state index contributed by atoms with van der Waals surface area (Å²) in [6.07, 6.45) is 8.47. The second-order valence-electron chi connectivity index (χ2n) is 4.93. The molecule has 0 aromatic heterocycles. The molecule has 0 aliphatic heterocycles. The summed E-state index contributed by atoms with van der Waals surface area (Å²) in [6.45, 7) is 0.798. The summed E-state index contributed by atoms with van der Waals surface area (Å²) in [5.41, 5.74) is 5.51. The van der Waals surface area contributed by atoms with E-state index < -0.39 is 5.54 Å². The smallest absolute Gasteiger partial charge is 0.240 e. The van der Waals surface area contributed by atoms with Gasteiger partial charge in [-0.05, 0) is 31.9 Å². The van der Waals surface area contributed by atoms with Gasteiger partial charge >= 0.3 is 0 Å². The fraction of sp³-hybridized carbons (Fsp3) is 0.909. The van der Waals surface area contributed by atoms with Crippen molar-refractivity contribution < 1.29 is 4.79 Å². The lowest BCUT2D eigenvalue weighted by atomic mass is 9.98. The van der Waals surface area contributed by atoms with Crippen LogP contribution in [0.3, 0.4) is 0 Å². The van der Waals surface area contributed by atoms with Crippen LogP contribution in [-0.2, 0) is 4.79 Å². The summed E-state index contributed by atoms with van der Waals surface area (Å²) in [6, 6.07) is 0. The molecule has 0 aromatic rings. The second kappa shape index (κ2) is 3.98. The van der Waals surface area contributed by atoms with Gasteiger partial charge in [-0.3, -0.25) is 4.79 Å². The molecule has 0 spiro atoms. The summed E-state index contributed by atoms with van der Waals surface area (Å²) < 4.78 is 0.338. The van der Waals surface area contributed by atoms with Gasteiger partial charge in [-0.1, -0.05) is 12.8 Å². The molecule has 0 bridgehead atoms. The molecule has 2 aliphatic carbocycles. The van der Waals surface area contributed by atoms with Crippen molar-refractivity contribution in [3.8, 4) is 0 Å². The quantitative estimate of drug-likeness (QED) is 0.762. The Bertz CT molecular complexity index is 257. The van der Waals surface area contributed by atoms with Gasteiger partial charge in [0.15, 0.2) is 0 Å². The molecule has 2 fully saturated rings.